The van der Waals surface area contributed by atoms with Gasteiger partial charge in [-0.3, -0.25) is 4.79 Å². The topological polar surface area (TPSA) is 91.3 Å². The Bertz CT molecular complexity index is 919. The second-order valence-corrected chi connectivity index (χ2v) is 6.17. The van der Waals surface area contributed by atoms with Crippen LogP contribution in [0.4, 0.5) is 0 Å². The predicted molar refractivity (Wildman–Crippen MR) is 108 cm³/mol. The Kier molecular flexibility index (Phi) is 7.25. The van der Waals surface area contributed by atoms with Crippen molar-refractivity contribution in [2.75, 3.05) is 28.4 Å². The Labute approximate surface area is 169 Å². The third kappa shape index (κ3) is 4.87. The lowest BCUT2D eigenvalue weighted by Gasteiger charge is -2.13. The van der Waals surface area contributed by atoms with Gasteiger partial charge in [0.15, 0.2) is 17.3 Å². The highest BCUT2D eigenvalue weighted by Gasteiger charge is 2.20. The highest BCUT2D eigenvalue weighted by molar-refractivity contribution is 6.23. The Morgan fingerprint density at radius 2 is 1.48 bits per heavy atom. The van der Waals surface area contributed by atoms with Crippen molar-refractivity contribution in [3.05, 3.63) is 58.7 Å². The summed E-state index contributed by atoms with van der Waals surface area (Å²) in [4.78, 5) is 24.5. The molecule has 0 aliphatic carbocycles. The quantitative estimate of drug-likeness (QED) is 0.298. The first kappa shape index (κ1) is 21.8. The zero-order valence-corrected chi connectivity index (χ0v) is 17.1. The number of carbonyl (C=O) groups excluding carboxylic acids is 1. The molecule has 2 aromatic carbocycles. The van der Waals surface area contributed by atoms with Crippen LogP contribution in [-0.4, -0.2) is 45.3 Å². The highest BCUT2D eigenvalue weighted by Crippen LogP contribution is 2.38. The summed E-state index contributed by atoms with van der Waals surface area (Å²) < 4.78 is 21.1. The standard InChI is InChI=1S/C22H24O7/c1-13-10-15(7-9-17(13)26-2)20(23)16(22(24)25)8-6-14-11-18(27-3)21(29-5)19(12-14)28-4/h7-12H,6H2,1-5H3,(H,24,25). The molecule has 0 radical (unpaired) electrons. The molecule has 0 atom stereocenters. The molecule has 0 bridgehead atoms. The van der Waals surface area contributed by atoms with Crippen LogP contribution in [0, 0.1) is 6.92 Å². The monoisotopic (exact) mass is 400 g/mol. The van der Waals surface area contributed by atoms with Gasteiger partial charge in [-0.1, -0.05) is 6.08 Å². The van der Waals surface area contributed by atoms with Gasteiger partial charge in [-0.15, -0.1) is 0 Å². The Hall–Kier alpha value is -3.48. The van der Waals surface area contributed by atoms with Gasteiger partial charge in [0.25, 0.3) is 0 Å². The summed E-state index contributed by atoms with van der Waals surface area (Å²) in [6.45, 7) is 1.79. The van der Waals surface area contributed by atoms with Crippen LogP contribution < -0.4 is 18.9 Å². The van der Waals surface area contributed by atoms with Crippen molar-refractivity contribution in [1.29, 1.82) is 0 Å². The number of carboxylic acid groups (broad SMARTS) is 1. The molecular weight excluding hydrogens is 376 g/mol. The number of ether oxygens (including phenoxy) is 4. The van der Waals surface area contributed by atoms with Crippen LogP contribution in [0.3, 0.4) is 0 Å². The lowest BCUT2D eigenvalue weighted by Crippen LogP contribution is -2.13. The predicted octanol–water partition coefficient (Wildman–Crippen LogP) is 3.47. The maximum Gasteiger partial charge on any atom is 0.339 e. The molecule has 1 N–H and O–H groups in total. The van der Waals surface area contributed by atoms with Crippen molar-refractivity contribution in [2.45, 2.75) is 13.3 Å². The summed E-state index contributed by atoms with van der Waals surface area (Å²) in [6.07, 6.45) is 1.57. The maximum absolute atomic E-state index is 12.7. The van der Waals surface area contributed by atoms with E-state index in [1.54, 1.807) is 37.3 Å². The molecule has 0 fully saturated rings. The van der Waals surface area contributed by atoms with Gasteiger partial charge >= 0.3 is 5.97 Å². The second kappa shape index (κ2) is 9.64. The third-order valence-electron chi connectivity index (χ3n) is 4.40. The summed E-state index contributed by atoms with van der Waals surface area (Å²) in [7, 11) is 6.02. The first-order valence-electron chi connectivity index (χ1n) is 8.77. The number of carboxylic acids is 1. The van der Waals surface area contributed by atoms with E-state index in [-0.39, 0.29) is 17.6 Å². The first-order chi connectivity index (χ1) is 13.9. The minimum absolute atomic E-state index is 0.194. The van der Waals surface area contributed by atoms with Crippen LogP contribution in [0.25, 0.3) is 0 Å². The van der Waals surface area contributed by atoms with Crippen molar-refractivity contribution in [3.63, 3.8) is 0 Å². The molecule has 0 saturated heterocycles. The number of hydrogen-bond acceptors (Lipinski definition) is 6. The van der Waals surface area contributed by atoms with Crippen molar-refractivity contribution < 1.29 is 33.6 Å². The van der Waals surface area contributed by atoms with Gasteiger partial charge in [0.2, 0.25) is 5.75 Å². The molecule has 0 unspecified atom stereocenters. The van der Waals surface area contributed by atoms with Gasteiger partial charge in [-0.25, -0.2) is 4.79 Å². The number of carbonyl (C=O) groups is 2. The molecule has 0 aliphatic rings. The number of benzene rings is 2. The number of rotatable bonds is 9. The van der Waals surface area contributed by atoms with E-state index in [9.17, 15) is 14.7 Å². The van der Waals surface area contributed by atoms with Crippen LogP contribution in [-0.2, 0) is 11.2 Å². The van der Waals surface area contributed by atoms with Gasteiger partial charge in [-0.2, -0.15) is 0 Å². The third-order valence-corrected chi connectivity index (χ3v) is 4.40. The van der Waals surface area contributed by atoms with E-state index in [0.29, 0.717) is 28.6 Å². The molecule has 0 amide bonds. The zero-order valence-electron chi connectivity index (χ0n) is 17.1. The molecule has 154 valence electrons. The number of aryl methyl sites for hydroxylation is 1. The van der Waals surface area contributed by atoms with E-state index in [1.165, 1.54) is 34.5 Å². The minimum atomic E-state index is -1.30. The molecular formula is C22H24O7. The highest BCUT2D eigenvalue weighted by atomic mass is 16.5. The average molecular weight is 400 g/mol. The first-order valence-corrected chi connectivity index (χ1v) is 8.77. The lowest BCUT2D eigenvalue weighted by molar-refractivity contribution is -0.132. The summed E-state index contributed by atoms with van der Waals surface area (Å²) in [6, 6.07) is 8.21. The summed E-state index contributed by atoms with van der Waals surface area (Å²) in [5, 5.41) is 9.55. The van der Waals surface area contributed by atoms with E-state index in [0.717, 1.165) is 5.56 Å². The summed E-state index contributed by atoms with van der Waals surface area (Å²) >= 11 is 0. The van der Waals surface area contributed by atoms with Crippen molar-refractivity contribution in [3.8, 4) is 23.0 Å². The van der Waals surface area contributed by atoms with Crippen LogP contribution in [0.1, 0.15) is 21.5 Å². The smallest absolute Gasteiger partial charge is 0.339 e. The van der Waals surface area contributed by atoms with Crippen LogP contribution >= 0.6 is 0 Å². The molecule has 0 aromatic heterocycles. The summed E-state index contributed by atoms with van der Waals surface area (Å²) in [5.41, 5.74) is 1.41. The SMILES string of the molecule is COc1ccc(C(=O)C(=CCc2cc(OC)c(OC)c(OC)c2)C(=O)O)cc1C. The molecule has 7 heteroatoms. The van der Waals surface area contributed by atoms with Crippen molar-refractivity contribution in [2.24, 2.45) is 0 Å². The number of Topliss-reactive ketones (excluding diaryl/α,β-unsaturated/α-hetero) is 1. The van der Waals surface area contributed by atoms with E-state index >= 15 is 0 Å². The van der Waals surface area contributed by atoms with Crippen LogP contribution in [0.2, 0.25) is 0 Å². The van der Waals surface area contributed by atoms with Gasteiger partial charge in [0, 0.05) is 5.56 Å². The van der Waals surface area contributed by atoms with E-state index in [2.05, 4.69) is 0 Å². The van der Waals surface area contributed by atoms with Gasteiger partial charge in [-0.05, 0) is 54.8 Å². The number of ketones is 1. The molecule has 0 saturated carbocycles. The van der Waals surface area contributed by atoms with Crippen LogP contribution in [0.5, 0.6) is 23.0 Å². The Morgan fingerprint density at radius 3 is 1.93 bits per heavy atom. The fraction of sp³-hybridized carbons (Fsp3) is 0.273. The largest absolute Gasteiger partial charge is 0.496 e. The minimum Gasteiger partial charge on any atom is -0.496 e. The molecule has 2 aromatic rings. The van der Waals surface area contributed by atoms with E-state index < -0.39 is 11.8 Å². The van der Waals surface area contributed by atoms with Crippen LogP contribution in [0.15, 0.2) is 42.0 Å². The fourth-order valence-corrected chi connectivity index (χ4v) is 2.93. The second-order valence-electron chi connectivity index (χ2n) is 6.17. The normalized spacial score (nSPS) is 11.0. The Morgan fingerprint density at radius 1 is 0.897 bits per heavy atom. The molecule has 7 nitrogen and oxygen atoms in total. The van der Waals surface area contributed by atoms with Gasteiger partial charge < -0.3 is 24.1 Å². The fourth-order valence-electron chi connectivity index (χ4n) is 2.93. The number of aliphatic carboxylic acids is 1. The average Bonchev–Trinajstić information content (AvgIpc) is 2.72. The molecule has 29 heavy (non-hydrogen) atoms. The van der Waals surface area contributed by atoms with Crippen molar-refractivity contribution >= 4 is 11.8 Å². The lowest BCUT2D eigenvalue weighted by atomic mass is 9.99. The van der Waals surface area contributed by atoms with Gasteiger partial charge in [0.1, 0.15) is 11.3 Å². The number of methoxy groups -OCH3 is 4. The number of allylic oxidation sites excluding steroid dienone is 1. The zero-order chi connectivity index (χ0) is 21.6. The summed E-state index contributed by atoms with van der Waals surface area (Å²) in [5.74, 6) is 0.0888. The maximum atomic E-state index is 12.7. The Balaban J connectivity index is 2.38. The molecule has 0 spiro atoms. The molecule has 0 heterocycles. The van der Waals surface area contributed by atoms with Gasteiger partial charge in [0.05, 0.1) is 28.4 Å². The molecule has 2 rings (SSSR count). The van der Waals surface area contributed by atoms with E-state index in [1.807, 2.05) is 0 Å². The van der Waals surface area contributed by atoms with E-state index in [4.69, 9.17) is 18.9 Å². The van der Waals surface area contributed by atoms with Crippen molar-refractivity contribution in [1.82, 2.24) is 0 Å². The molecule has 0 aliphatic heterocycles. The number of hydrogen-bond donors (Lipinski definition) is 1.